The second kappa shape index (κ2) is 9.81. The van der Waals surface area contributed by atoms with E-state index in [1.165, 1.54) is 28.9 Å². The Bertz CT molecular complexity index is 1170. The molecular weight excluding hydrogens is 394 g/mol. The molecule has 2 rings (SSSR count). The highest BCUT2D eigenvalue weighted by Gasteiger charge is 2.29. The maximum atomic E-state index is 13.2. The van der Waals surface area contributed by atoms with E-state index in [0.717, 1.165) is 38.4 Å². The molecular formula is C15H21B10N3O4. The molecule has 0 saturated heterocycles. The first-order valence-electron chi connectivity index (χ1n) is 10.3. The summed E-state index contributed by atoms with van der Waals surface area (Å²) in [5.41, 5.74) is 7.89. The van der Waals surface area contributed by atoms with Crippen LogP contribution >= 0.6 is 0 Å². The number of nitrogens with zero attached hydrogens (tertiary/aromatic N) is 3. The zero-order valence-electron chi connectivity index (χ0n) is 20.6. The van der Waals surface area contributed by atoms with Gasteiger partial charge in [-0.15, -0.1) is 0 Å². The second-order valence-corrected chi connectivity index (χ2v) is 8.06. The van der Waals surface area contributed by atoms with Crippen LogP contribution in [-0.4, -0.2) is 107 Å². The third-order valence-corrected chi connectivity index (χ3v) is 6.41. The molecule has 17 heteroatoms. The molecule has 2 aromatic rings. The topological polar surface area (TPSA) is 92.5 Å². The van der Waals surface area contributed by atoms with Gasteiger partial charge in [-0.05, 0) is 16.6 Å². The van der Waals surface area contributed by atoms with Crippen molar-refractivity contribution in [3.8, 4) is 22.9 Å². The Morgan fingerprint density at radius 1 is 0.938 bits per heavy atom. The molecule has 0 aliphatic carbocycles. The highest BCUT2D eigenvalue weighted by molar-refractivity contribution is 6.63. The first-order valence-corrected chi connectivity index (χ1v) is 10.3. The fraction of sp³-hybridized carbons (Fsp3) is 0.0667. The van der Waals surface area contributed by atoms with Crippen molar-refractivity contribution in [2.45, 2.75) is 5.94 Å². The summed E-state index contributed by atoms with van der Waals surface area (Å²) < 4.78 is 10.4. The second-order valence-electron chi connectivity index (χ2n) is 8.06. The number of pyridine rings is 1. The Morgan fingerprint density at radius 2 is 1.53 bits per heavy atom. The molecule has 1 unspecified atom stereocenters. The van der Waals surface area contributed by atoms with Crippen LogP contribution in [0.5, 0.6) is 5.75 Å². The third-order valence-electron chi connectivity index (χ3n) is 6.41. The lowest BCUT2D eigenvalue weighted by atomic mass is 9.61. The standard InChI is InChI=1S/C15H21B10N3O4/c16-5-2(1-26)6(17)9(20)7(18)3(5)4-8(19)11(31-24)10(27-12(4)21)14(29)28(23)13(22)15(30)32-25/h13H,16-25H2. The molecule has 150 valence electrons. The predicted molar refractivity (Wildman–Crippen MR) is 154 cm³/mol. The molecule has 0 saturated carbocycles. The van der Waals surface area contributed by atoms with Crippen LogP contribution in [0.2, 0.25) is 0 Å². The quantitative estimate of drug-likeness (QED) is 0.451. The summed E-state index contributed by atoms with van der Waals surface area (Å²) in [7, 11) is 17.5. The minimum absolute atomic E-state index is 0.129. The van der Waals surface area contributed by atoms with Crippen molar-refractivity contribution in [2.24, 2.45) is 0 Å². The average Bonchev–Trinajstić information content (AvgIpc) is 2.77. The number of hydrogen-bond donors (Lipinski definition) is 0. The van der Waals surface area contributed by atoms with Crippen LogP contribution in [0.3, 0.4) is 0 Å². The lowest BCUT2D eigenvalue weighted by Gasteiger charge is -2.27. The summed E-state index contributed by atoms with van der Waals surface area (Å²) in [4.78, 5) is 31.0. The van der Waals surface area contributed by atoms with E-state index in [9.17, 15) is 14.9 Å². The number of rotatable bonds is 5. The predicted octanol–water partition coefficient (Wildman–Crippen LogP) is -12.9. The zero-order chi connectivity index (χ0) is 24.5. The van der Waals surface area contributed by atoms with Crippen molar-refractivity contribution in [2.75, 3.05) is 0 Å². The van der Waals surface area contributed by atoms with Gasteiger partial charge in [0.05, 0.1) is 12.0 Å². The van der Waals surface area contributed by atoms with Gasteiger partial charge in [0.1, 0.15) is 52.8 Å². The fourth-order valence-corrected chi connectivity index (χ4v) is 4.16. The van der Waals surface area contributed by atoms with E-state index < -0.39 is 17.8 Å². The van der Waals surface area contributed by atoms with Gasteiger partial charge in [0.2, 0.25) is 7.98 Å². The van der Waals surface area contributed by atoms with Gasteiger partial charge in [-0.1, -0.05) is 21.9 Å². The lowest BCUT2D eigenvalue weighted by Crippen LogP contribution is -2.49. The smallest absolute Gasteiger partial charge is 0.326 e. The number of nitriles is 1. The molecule has 1 amide bonds. The van der Waals surface area contributed by atoms with Gasteiger partial charge in [-0.2, -0.15) is 5.26 Å². The van der Waals surface area contributed by atoms with Gasteiger partial charge in [0.25, 0.3) is 5.91 Å². The van der Waals surface area contributed by atoms with E-state index in [-0.39, 0.29) is 5.69 Å². The molecule has 32 heavy (non-hydrogen) atoms. The number of hydrogen-bond acceptors (Lipinski definition) is 6. The Kier molecular flexibility index (Phi) is 7.82. The number of benzene rings is 1. The molecule has 0 radical (unpaired) electrons. The van der Waals surface area contributed by atoms with Gasteiger partial charge in [-0.25, -0.2) is 0 Å². The van der Waals surface area contributed by atoms with Gasteiger partial charge in [0.15, 0.2) is 13.5 Å². The van der Waals surface area contributed by atoms with Crippen molar-refractivity contribution in [1.82, 2.24) is 9.79 Å². The SMILES string of the molecule is BOC(=O)C(B)N(B)C(=O)c1nc(B)c(-c2c(B)c(B)c(B)c(C#N)c2B)c(B)c1OB. The fourth-order valence-electron chi connectivity index (χ4n) is 4.16. The summed E-state index contributed by atoms with van der Waals surface area (Å²) in [6.07, 6.45) is 0. The molecule has 0 fully saturated rings. The molecule has 0 bridgehead atoms. The summed E-state index contributed by atoms with van der Waals surface area (Å²) in [6.45, 7) is 0. The van der Waals surface area contributed by atoms with Crippen molar-refractivity contribution >= 4 is 124 Å². The minimum Gasteiger partial charge on any atom is -0.567 e. The van der Waals surface area contributed by atoms with Crippen LogP contribution < -0.4 is 37.6 Å². The van der Waals surface area contributed by atoms with Crippen LogP contribution in [0.25, 0.3) is 11.1 Å². The van der Waals surface area contributed by atoms with Crippen molar-refractivity contribution < 1.29 is 18.9 Å². The first-order chi connectivity index (χ1) is 14.9. The van der Waals surface area contributed by atoms with Gasteiger partial charge in [-0.3, -0.25) is 14.6 Å². The molecule has 1 heterocycles. The zero-order valence-corrected chi connectivity index (χ0v) is 20.6. The minimum atomic E-state index is -0.776. The van der Waals surface area contributed by atoms with Crippen LogP contribution in [-0.2, 0) is 9.45 Å². The van der Waals surface area contributed by atoms with E-state index in [0.29, 0.717) is 16.9 Å². The summed E-state index contributed by atoms with van der Waals surface area (Å²) in [5, 5.41) is 9.74. The third kappa shape index (κ3) is 4.15. The lowest BCUT2D eigenvalue weighted by molar-refractivity contribution is -0.135. The largest absolute Gasteiger partial charge is 0.567 e. The van der Waals surface area contributed by atoms with Crippen LogP contribution in [0.15, 0.2) is 0 Å². The molecule has 1 aromatic heterocycles. The van der Waals surface area contributed by atoms with Crippen molar-refractivity contribution in [3.05, 3.63) is 11.3 Å². The van der Waals surface area contributed by atoms with E-state index in [4.69, 9.17) is 9.31 Å². The first kappa shape index (κ1) is 25.5. The van der Waals surface area contributed by atoms with Crippen molar-refractivity contribution in [1.29, 1.82) is 5.26 Å². The molecule has 0 spiro atoms. The van der Waals surface area contributed by atoms with Crippen LogP contribution in [0.4, 0.5) is 0 Å². The number of carbonyl (C=O) groups is 2. The molecule has 1 atom stereocenters. The maximum absolute atomic E-state index is 13.2. The highest BCUT2D eigenvalue weighted by atomic mass is 16.5. The summed E-state index contributed by atoms with van der Waals surface area (Å²) in [5.74, 6) is -1.39. The normalized spacial score (nSPS) is 11.2. The number of carbonyl (C=O) groups excluding carboxylic acids is 2. The monoisotopic (exact) mass is 417 g/mol. The van der Waals surface area contributed by atoms with Crippen molar-refractivity contribution in [3.63, 3.8) is 0 Å². The number of amides is 1. The average molecular weight is 415 g/mol. The summed E-state index contributed by atoms with van der Waals surface area (Å²) in [6, 6.07) is 2.33. The summed E-state index contributed by atoms with van der Waals surface area (Å²) >= 11 is 0. The molecule has 1 aromatic carbocycles. The van der Waals surface area contributed by atoms with Gasteiger partial charge < -0.3 is 14.1 Å². The Labute approximate surface area is 197 Å². The van der Waals surface area contributed by atoms with Gasteiger partial charge in [0, 0.05) is 11.2 Å². The molecule has 0 aliphatic heterocycles. The maximum Gasteiger partial charge on any atom is 0.326 e. The number of aromatic nitrogens is 1. The Morgan fingerprint density at radius 3 is 2.03 bits per heavy atom. The van der Waals surface area contributed by atoms with Crippen LogP contribution in [0, 0.1) is 11.3 Å². The molecule has 0 N–H and O–H groups in total. The van der Waals surface area contributed by atoms with Gasteiger partial charge >= 0.3 is 22.1 Å². The Balaban J connectivity index is 2.81. The van der Waals surface area contributed by atoms with E-state index in [1.807, 2.05) is 47.1 Å². The van der Waals surface area contributed by atoms with E-state index in [2.05, 4.69) is 11.1 Å². The molecule has 7 nitrogen and oxygen atoms in total. The van der Waals surface area contributed by atoms with E-state index >= 15 is 0 Å². The Hall–Kier alpha value is -2.75. The van der Waals surface area contributed by atoms with E-state index in [1.54, 1.807) is 7.85 Å². The van der Waals surface area contributed by atoms with Crippen LogP contribution in [0.1, 0.15) is 16.1 Å². The highest BCUT2D eigenvalue weighted by Crippen LogP contribution is 2.20. The molecule has 0 aliphatic rings.